The first kappa shape index (κ1) is 17.0. The van der Waals surface area contributed by atoms with Crippen LogP contribution in [0.4, 0.5) is 4.79 Å². The Morgan fingerprint density at radius 2 is 1.59 bits per heavy atom. The molecule has 3 amide bonds. The van der Waals surface area contributed by atoms with Gasteiger partial charge in [0.25, 0.3) is 5.91 Å². The number of rotatable bonds is 4. The van der Waals surface area contributed by atoms with Gasteiger partial charge in [0.15, 0.2) is 5.78 Å². The lowest BCUT2D eigenvalue weighted by Gasteiger charge is -2.61. The third kappa shape index (κ3) is 2.40. The van der Waals surface area contributed by atoms with Gasteiger partial charge in [0, 0.05) is 11.0 Å². The number of ketones is 1. The third-order valence-electron chi connectivity index (χ3n) is 7.77. The maximum atomic E-state index is 13.4. The van der Waals surface area contributed by atoms with Crippen LogP contribution in [-0.2, 0) is 4.79 Å². The fourth-order valence-electron chi connectivity index (χ4n) is 6.78. The summed E-state index contributed by atoms with van der Waals surface area (Å²) < 4.78 is 0. The monoisotopic (exact) mass is 366 g/mol. The summed E-state index contributed by atoms with van der Waals surface area (Å²) in [6.07, 6.45) is 6.95. The lowest BCUT2D eigenvalue weighted by molar-refractivity contribution is -0.147. The first-order chi connectivity index (χ1) is 12.9. The first-order valence-corrected chi connectivity index (χ1v) is 10.1. The zero-order valence-electron chi connectivity index (χ0n) is 15.7. The van der Waals surface area contributed by atoms with Gasteiger partial charge < -0.3 is 5.32 Å². The number of benzene rings is 1. The van der Waals surface area contributed by atoms with Crippen molar-refractivity contribution in [2.75, 3.05) is 6.54 Å². The number of hydrogen-bond acceptors (Lipinski definition) is 3. The van der Waals surface area contributed by atoms with Gasteiger partial charge in [0.2, 0.25) is 0 Å². The summed E-state index contributed by atoms with van der Waals surface area (Å²) in [5.41, 5.74) is -0.489. The van der Waals surface area contributed by atoms with Gasteiger partial charge in [-0.05, 0) is 63.2 Å². The second kappa shape index (κ2) is 5.66. The molecule has 0 radical (unpaired) electrons. The van der Waals surface area contributed by atoms with Crippen molar-refractivity contribution in [1.82, 2.24) is 10.2 Å². The summed E-state index contributed by atoms with van der Waals surface area (Å²) in [6, 6.07) is 8.45. The lowest BCUT2D eigenvalue weighted by Crippen LogP contribution is -2.64. The van der Waals surface area contributed by atoms with Gasteiger partial charge in [-0.25, -0.2) is 4.79 Å². The van der Waals surface area contributed by atoms with E-state index in [-0.39, 0.29) is 23.7 Å². The van der Waals surface area contributed by atoms with E-state index in [1.165, 1.54) is 19.3 Å². The number of carbonyl (C=O) groups is 3. The standard InChI is InChI=1S/C22H26N2O3/c1-21(22-10-14-7-15(11-22)9-16(8-14)12-22)19(26)24(20(27)23-21)13-18(25)17-5-3-2-4-6-17/h2-6,14-16H,7-13H2,1H3,(H,23,27). The van der Waals surface area contributed by atoms with Crippen LogP contribution in [0.25, 0.3) is 0 Å². The zero-order chi connectivity index (χ0) is 18.8. The molecule has 1 unspecified atom stereocenters. The van der Waals surface area contributed by atoms with E-state index in [1.54, 1.807) is 24.3 Å². The highest BCUT2D eigenvalue weighted by molar-refractivity contribution is 6.11. The third-order valence-corrected chi connectivity index (χ3v) is 7.77. The molecule has 1 heterocycles. The Morgan fingerprint density at radius 1 is 1.04 bits per heavy atom. The average molecular weight is 366 g/mol. The van der Waals surface area contributed by atoms with Crippen molar-refractivity contribution >= 4 is 17.7 Å². The molecule has 4 saturated carbocycles. The average Bonchev–Trinajstić information content (AvgIpc) is 2.86. The molecule has 1 saturated heterocycles. The van der Waals surface area contributed by atoms with E-state index in [1.807, 2.05) is 13.0 Å². The Bertz CT molecular complexity index is 783. The summed E-state index contributed by atoms with van der Waals surface area (Å²) >= 11 is 0. The van der Waals surface area contributed by atoms with Crippen molar-refractivity contribution in [3.63, 3.8) is 0 Å². The van der Waals surface area contributed by atoms with Crippen molar-refractivity contribution in [3.8, 4) is 0 Å². The van der Waals surface area contributed by atoms with Crippen LogP contribution in [0.1, 0.15) is 55.8 Å². The fourth-order valence-corrected chi connectivity index (χ4v) is 6.78. The van der Waals surface area contributed by atoms with E-state index in [0.29, 0.717) is 23.3 Å². The Balaban J connectivity index is 1.41. The lowest BCUT2D eigenvalue weighted by atomic mass is 9.45. The fraction of sp³-hybridized carbons (Fsp3) is 0.591. The van der Waals surface area contributed by atoms with Crippen molar-refractivity contribution < 1.29 is 14.4 Å². The van der Waals surface area contributed by atoms with Gasteiger partial charge in [0.05, 0.1) is 6.54 Å². The molecule has 5 aliphatic rings. The topological polar surface area (TPSA) is 66.5 Å². The van der Waals surface area contributed by atoms with Crippen molar-refractivity contribution in [1.29, 1.82) is 0 Å². The number of nitrogens with zero attached hydrogens (tertiary/aromatic N) is 1. The number of nitrogens with one attached hydrogen (secondary N) is 1. The molecule has 6 rings (SSSR count). The van der Waals surface area contributed by atoms with Gasteiger partial charge in [0.1, 0.15) is 5.54 Å². The van der Waals surface area contributed by atoms with Gasteiger partial charge in [-0.15, -0.1) is 0 Å². The molecule has 0 spiro atoms. The van der Waals surface area contributed by atoms with E-state index in [4.69, 9.17) is 0 Å². The summed E-state index contributed by atoms with van der Waals surface area (Å²) in [7, 11) is 0. The highest BCUT2D eigenvalue weighted by Gasteiger charge is 2.65. The van der Waals surface area contributed by atoms with Crippen LogP contribution < -0.4 is 5.32 Å². The maximum absolute atomic E-state index is 13.4. The highest BCUT2D eigenvalue weighted by Crippen LogP contribution is 2.64. The zero-order valence-corrected chi connectivity index (χ0v) is 15.7. The Hall–Kier alpha value is -2.17. The minimum atomic E-state index is -0.878. The molecule has 1 aromatic rings. The predicted octanol–water partition coefficient (Wildman–Crippen LogP) is 3.40. The van der Waals surface area contributed by atoms with Crippen molar-refractivity contribution in [2.24, 2.45) is 23.2 Å². The van der Waals surface area contributed by atoms with Crippen LogP contribution in [0, 0.1) is 23.2 Å². The molecule has 5 fully saturated rings. The smallest absolute Gasteiger partial charge is 0.323 e. The number of Topliss-reactive ketones (excluding diaryl/α,β-unsaturated/α-hetero) is 1. The molecule has 5 heteroatoms. The molecule has 142 valence electrons. The molecule has 1 aliphatic heterocycles. The molecule has 1 N–H and O–H groups in total. The number of carbonyl (C=O) groups excluding carboxylic acids is 3. The van der Waals surface area contributed by atoms with Crippen LogP contribution in [0.2, 0.25) is 0 Å². The maximum Gasteiger partial charge on any atom is 0.325 e. The van der Waals surface area contributed by atoms with Crippen LogP contribution in [0.15, 0.2) is 30.3 Å². The second-order valence-corrected chi connectivity index (χ2v) is 9.43. The predicted molar refractivity (Wildman–Crippen MR) is 100 cm³/mol. The largest absolute Gasteiger partial charge is 0.325 e. The van der Waals surface area contributed by atoms with Crippen LogP contribution in [-0.4, -0.2) is 34.7 Å². The minimum absolute atomic E-state index is 0.140. The number of amides is 3. The molecule has 1 atom stereocenters. The molecule has 5 nitrogen and oxygen atoms in total. The molecule has 0 aromatic heterocycles. The highest BCUT2D eigenvalue weighted by atomic mass is 16.2. The normalized spacial score (nSPS) is 39.7. The Kier molecular flexibility index (Phi) is 3.56. The molecular formula is C22H26N2O3. The molecule has 27 heavy (non-hydrogen) atoms. The molecule has 4 bridgehead atoms. The number of urea groups is 1. The van der Waals surface area contributed by atoms with Gasteiger partial charge >= 0.3 is 6.03 Å². The molecular weight excluding hydrogens is 340 g/mol. The van der Waals surface area contributed by atoms with Gasteiger partial charge in [-0.3, -0.25) is 14.5 Å². The van der Waals surface area contributed by atoms with E-state index in [2.05, 4.69) is 5.32 Å². The summed E-state index contributed by atoms with van der Waals surface area (Å²) in [4.78, 5) is 39.8. The Morgan fingerprint density at radius 3 is 2.15 bits per heavy atom. The number of imide groups is 1. The van der Waals surface area contributed by atoms with E-state index >= 15 is 0 Å². The van der Waals surface area contributed by atoms with Gasteiger partial charge in [-0.2, -0.15) is 0 Å². The number of hydrogen-bond donors (Lipinski definition) is 1. The second-order valence-electron chi connectivity index (χ2n) is 9.43. The summed E-state index contributed by atoms with van der Waals surface area (Å²) in [5, 5.41) is 3.03. The summed E-state index contributed by atoms with van der Waals surface area (Å²) in [5.74, 6) is 1.67. The van der Waals surface area contributed by atoms with E-state index in [0.717, 1.165) is 24.2 Å². The quantitative estimate of drug-likeness (QED) is 0.656. The SMILES string of the molecule is CC1(C23CC4CC(CC(C4)C2)C3)NC(=O)N(CC(=O)c2ccccc2)C1=O. The van der Waals surface area contributed by atoms with Crippen LogP contribution >= 0.6 is 0 Å². The molecule has 1 aromatic carbocycles. The van der Waals surface area contributed by atoms with E-state index in [9.17, 15) is 14.4 Å². The summed E-state index contributed by atoms with van der Waals surface area (Å²) in [6.45, 7) is 1.73. The minimum Gasteiger partial charge on any atom is -0.323 e. The first-order valence-electron chi connectivity index (χ1n) is 10.1. The Labute approximate surface area is 159 Å². The van der Waals surface area contributed by atoms with Crippen molar-refractivity contribution in [3.05, 3.63) is 35.9 Å². The van der Waals surface area contributed by atoms with Gasteiger partial charge in [-0.1, -0.05) is 30.3 Å². The molecule has 4 aliphatic carbocycles. The van der Waals surface area contributed by atoms with Crippen LogP contribution in [0.3, 0.4) is 0 Å². The van der Waals surface area contributed by atoms with E-state index < -0.39 is 11.6 Å². The van der Waals surface area contributed by atoms with Crippen LogP contribution in [0.5, 0.6) is 0 Å². The van der Waals surface area contributed by atoms with Crippen molar-refractivity contribution in [2.45, 2.75) is 51.0 Å².